The van der Waals surface area contributed by atoms with Gasteiger partial charge in [0.25, 0.3) is 0 Å². The van der Waals surface area contributed by atoms with Crippen LogP contribution in [0.5, 0.6) is 0 Å². The number of nitrogens with zero attached hydrogens (tertiary/aromatic N) is 2. The van der Waals surface area contributed by atoms with Crippen LogP contribution in [0.15, 0.2) is 24.3 Å². The normalized spacial score (nSPS) is 23.8. The van der Waals surface area contributed by atoms with Crippen molar-refractivity contribution in [2.75, 3.05) is 6.54 Å². The summed E-state index contributed by atoms with van der Waals surface area (Å²) in [5, 5.41) is 3.36. The first-order valence-electron chi connectivity index (χ1n) is 8.71. The van der Waals surface area contributed by atoms with Crippen LogP contribution in [-0.4, -0.2) is 22.7 Å². The molecule has 1 N–H and O–H groups in total. The number of rotatable bonds is 2. The van der Waals surface area contributed by atoms with Crippen molar-refractivity contribution in [3.63, 3.8) is 0 Å². The molecule has 0 radical (unpaired) electrons. The molecule has 0 amide bonds. The summed E-state index contributed by atoms with van der Waals surface area (Å²) in [6.07, 6.45) is 3.00. The van der Waals surface area contributed by atoms with Crippen molar-refractivity contribution in [1.82, 2.24) is 15.3 Å². The molecule has 1 fully saturated rings. The predicted molar refractivity (Wildman–Crippen MR) is 88.9 cm³/mol. The molecule has 126 valence electrons. The van der Waals surface area contributed by atoms with Gasteiger partial charge in [0.1, 0.15) is 17.8 Å². The highest BCUT2D eigenvalue weighted by molar-refractivity contribution is 5.64. The zero-order chi connectivity index (χ0) is 16.5. The lowest BCUT2D eigenvalue weighted by atomic mass is 9.87. The molecular formula is C19H21F2N3. The van der Waals surface area contributed by atoms with Crippen LogP contribution < -0.4 is 5.32 Å². The van der Waals surface area contributed by atoms with Gasteiger partial charge in [-0.15, -0.1) is 0 Å². The van der Waals surface area contributed by atoms with Gasteiger partial charge in [-0.05, 0) is 49.9 Å². The zero-order valence-electron chi connectivity index (χ0n) is 13.6. The number of aromatic nitrogens is 2. The third-order valence-electron chi connectivity index (χ3n) is 5.09. The summed E-state index contributed by atoms with van der Waals surface area (Å²) in [5.41, 5.74) is 4.00. The molecule has 0 bridgehead atoms. The standard InChI is InChI=1S/C19H21F2N3/c20-14-5-1-12(2-6-14)18-16-11-22-10-9-17(16)23-19(24-18)13-3-7-15(21)8-4-13/h1-2,5-6,13,15,22H,3-4,7-11H2. The van der Waals surface area contributed by atoms with Gasteiger partial charge in [0, 0.05) is 36.6 Å². The number of hydrogen-bond donors (Lipinski definition) is 1. The summed E-state index contributed by atoms with van der Waals surface area (Å²) in [4.78, 5) is 9.66. The molecule has 1 aliphatic heterocycles. The number of benzene rings is 1. The Kier molecular flexibility index (Phi) is 4.27. The van der Waals surface area contributed by atoms with E-state index < -0.39 is 6.17 Å². The maximum absolute atomic E-state index is 13.4. The molecular weight excluding hydrogens is 308 g/mol. The lowest BCUT2D eigenvalue weighted by Gasteiger charge is -2.26. The summed E-state index contributed by atoms with van der Waals surface area (Å²) >= 11 is 0. The number of halogens is 2. The van der Waals surface area contributed by atoms with Crippen LogP contribution in [0, 0.1) is 5.82 Å². The highest BCUT2D eigenvalue weighted by Crippen LogP contribution is 2.35. The molecule has 4 rings (SSSR count). The van der Waals surface area contributed by atoms with E-state index in [4.69, 9.17) is 9.97 Å². The third kappa shape index (κ3) is 3.05. The topological polar surface area (TPSA) is 37.8 Å². The predicted octanol–water partition coefficient (Wildman–Crippen LogP) is 3.92. The van der Waals surface area contributed by atoms with Crippen molar-refractivity contribution in [1.29, 1.82) is 0 Å². The molecule has 1 aromatic carbocycles. The fourth-order valence-corrected chi connectivity index (χ4v) is 3.70. The lowest BCUT2D eigenvalue weighted by molar-refractivity contribution is 0.232. The largest absolute Gasteiger partial charge is 0.312 e. The van der Waals surface area contributed by atoms with Crippen molar-refractivity contribution in [3.05, 3.63) is 47.2 Å². The summed E-state index contributed by atoms with van der Waals surface area (Å²) in [5.74, 6) is 0.819. The molecule has 1 aromatic heterocycles. The minimum atomic E-state index is -0.681. The molecule has 1 saturated carbocycles. The number of alkyl halides is 1. The minimum absolute atomic E-state index is 0.233. The van der Waals surface area contributed by atoms with E-state index in [9.17, 15) is 8.78 Å². The quantitative estimate of drug-likeness (QED) is 0.907. The molecule has 2 aromatic rings. The Bertz CT molecular complexity index is 722. The van der Waals surface area contributed by atoms with Crippen LogP contribution in [0.25, 0.3) is 11.3 Å². The van der Waals surface area contributed by atoms with Gasteiger partial charge in [0.15, 0.2) is 0 Å². The van der Waals surface area contributed by atoms with E-state index >= 15 is 0 Å². The molecule has 0 saturated heterocycles. The molecule has 0 spiro atoms. The number of fused-ring (bicyclic) bond motifs is 1. The molecule has 1 aliphatic carbocycles. The smallest absolute Gasteiger partial charge is 0.132 e. The van der Waals surface area contributed by atoms with Crippen LogP contribution in [0.2, 0.25) is 0 Å². The Morgan fingerprint density at radius 1 is 1.00 bits per heavy atom. The van der Waals surface area contributed by atoms with E-state index in [1.807, 2.05) is 0 Å². The molecule has 24 heavy (non-hydrogen) atoms. The second-order valence-corrected chi connectivity index (χ2v) is 6.74. The van der Waals surface area contributed by atoms with Crippen LogP contribution in [0.3, 0.4) is 0 Å². The third-order valence-corrected chi connectivity index (χ3v) is 5.09. The van der Waals surface area contributed by atoms with E-state index in [0.29, 0.717) is 12.8 Å². The van der Waals surface area contributed by atoms with Crippen molar-refractivity contribution < 1.29 is 8.78 Å². The molecule has 0 atom stereocenters. The van der Waals surface area contributed by atoms with E-state index in [1.165, 1.54) is 12.1 Å². The van der Waals surface area contributed by atoms with Crippen molar-refractivity contribution in [2.24, 2.45) is 0 Å². The first kappa shape index (κ1) is 15.6. The second kappa shape index (κ2) is 6.55. The monoisotopic (exact) mass is 329 g/mol. The average Bonchev–Trinajstić information content (AvgIpc) is 2.62. The summed E-state index contributed by atoms with van der Waals surface area (Å²) in [7, 11) is 0. The molecule has 2 heterocycles. The van der Waals surface area contributed by atoms with E-state index in [0.717, 1.165) is 60.7 Å². The van der Waals surface area contributed by atoms with Gasteiger partial charge in [-0.1, -0.05) is 0 Å². The second-order valence-electron chi connectivity index (χ2n) is 6.74. The maximum Gasteiger partial charge on any atom is 0.132 e. The Morgan fingerprint density at radius 3 is 2.50 bits per heavy atom. The van der Waals surface area contributed by atoms with Gasteiger partial charge in [-0.3, -0.25) is 0 Å². The Balaban J connectivity index is 1.76. The van der Waals surface area contributed by atoms with E-state index in [1.54, 1.807) is 12.1 Å². The highest BCUT2D eigenvalue weighted by atomic mass is 19.1. The first-order valence-corrected chi connectivity index (χ1v) is 8.71. The maximum atomic E-state index is 13.4. The summed E-state index contributed by atoms with van der Waals surface area (Å²) in [6, 6.07) is 6.48. The Morgan fingerprint density at radius 2 is 1.75 bits per heavy atom. The molecule has 0 unspecified atom stereocenters. The number of nitrogens with one attached hydrogen (secondary N) is 1. The van der Waals surface area contributed by atoms with Crippen molar-refractivity contribution >= 4 is 0 Å². The van der Waals surface area contributed by atoms with Crippen LogP contribution in [-0.2, 0) is 13.0 Å². The fraction of sp³-hybridized carbons (Fsp3) is 0.474. The van der Waals surface area contributed by atoms with E-state index in [2.05, 4.69) is 5.32 Å². The van der Waals surface area contributed by atoms with Gasteiger partial charge in [0.2, 0.25) is 0 Å². The Hall–Kier alpha value is -1.88. The van der Waals surface area contributed by atoms with Crippen molar-refractivity contribution in [3.8, 4) is 11.3 Å². The van der Waals surface area contributed by atoms with Gasteiger partial charge in [0.05, 0.1) is 11.4 Å². The summed E-state index contributed by atoms with van der Waals surface area (Å²) in [6.45, 7) is 1.64. The molecule has 3 nitrogen and oxygen atoms in total. The van der Waals surface area contributed by atoms with Gasteiger partial charge >= 0.3 is 0 Å². The Labute approximate surface area is 140 Å². The highest BCUT2D eigenvalue weighted by Gasteiger charge is 2.26. The lowest BCUT2D eigenvalue weighted by Crippen LogP contribution is -2.27. The zero-order valence-corrected chi connectivity index (χ0v) is 13.6. The van der Waals surface area contributed by atoms with E-state index in [-0.39, 0.29) is 11.7 Å². The molecule has 2 aliphatic rings. The molecule has 5 heteroatoms. The van der Waals surface area contributed by atoms with Crippen LogP contribution in [0.1, 0.15) is 48.7 Å². The first-order chi connectivity index (χ1) is 11.7. The summed E-state index contributed by atoms with van der Waals surface area (Å²) < 4.78 is 26.7. The van der Waals surface area contributed by atoms with Crippen LogP contribution >= 0.6 is 0 Å². The van der Waals surface area contributed by atoms with Crippen LogP contribution in [0.4, 0.5) is 8.78 Å². The van der Waals surface area contributed by atoms with Gasteiger partial charge in [-0.25, -0.2) is 18.7 Å². The average molecular weight is 329 g/mol. The van der Waals surface area contributed by atoms with Gasteiger partial charge in [-0.2, -0.15) is 0 Å². The number of hydrogen-bond acceptors (Lipinski definition) is 3. The van der Waals surface area contributed by atoms with Gasteiger partial charge < -0.3 is 5.32 Å². The fourth-order valence-electron chi connectivity index (χ4n) is 3.70. The van der Waals surface area contributed by atoms with Crippen molar-refractivity contribution in [2.45, 2.75) is 50.7 Å². The minimum Gasteiger partial charge on any atom is -0.312 e. The SMILES string of the molecule is Fc1ccc(-c2nc(C3CCC(F)CC3)nc3c2CNCC3)cc1.